The minimum atomic E-state index is 0.590. The van der Waals surface area contributed by atoms with Crippen molar-refractivity contribution < 1.29 is 14.2 Å². The van der Waals surface area contributed by atoms with Crippen LogP contribution in [0.3, 0.4) is 0 Å². The molecule has 2 aromatic heterocycles. The number of anilines is 2. The smallest absolute Gasteiger partial charge is 0.161 e. The molecule has 0 aliphatic carbocycles. The molecule has 0 aliphatic heterocycles. The number of para-hydroxylation sites is 2. The number of thiophene rings is 1. The van der Waals surface area contributed by atoms with E-state index in [1.165, 1.54) is 0 Å². The molecule has 0 fully saturated rings. The van der Waals surface area contributed by atoms with E-state index in [0.29, 0.717) is 18.1 Å². The van der Waals surface area contributed by atoms with Crippen molar-refractivity contribution in [2.75, 3.05) is 26.1 Å². The lowest BCUT2D eigenvalue weighted by atomic mass is 10.1. The maximum Gasteiger partial charge on any atom is 0.161 e. The molecular formula is C22H21N3O3S. The summed E-state index contributed by atoms with van der Waals surface area (Å²) < 4.78 is 16.6. The first-order valence-electron chi connectivity index (χ1n) is 9.18. The maximum atomic E-state index is 5.74. The number of aromatic nitrogens is 2. The standard InChI is InChI=1S/C22H21N3O3S/c1-4-28-17-8-6-5-7-16(17)25-21-20-15(12-29-22(20)24-13-23-21)14-9-10-18(26-2)19(11-14)27-3/h5-13H,4H2,1-3H3,(H,23,24,25). The zero-order chi connectivity index (χ0) is 20.2. The molecule has 0 amide bonds. The molecule has 6 nitrogen and oxygen atoms in total. The molecule has 29 heavy (non-hydrogen) atoms. The number of nitrogens with zero attached hydrogens (tertiary/aromatic N) is 2. The van der Waals surface area contributed by atoms with Crippen LogP contribution in [0.4, 0.5) is 11.5 Å². The van der Waals surface area contributed by atoms with Crippen LogP contribution in [-0.4, -0.2) is 30.8 Å². The Morgan fingerprint density at radius 2 is 1.79 bits per heavy atom. The zero-order valence-electron chi connectivity index (χ0n) is 16.4. The fourth-order valence-corrected chi connectivity index (χ4v) is 4.08. The van der Waals surface area contributed by atoms with Crippen molar-refractivity contribution in [1.29, 1.82) is 0 Å². The van der Waals surface area contributed by atoms with Gasteiger partial charge in [0.1, 0.15) is 22.7 Å². The summed E-state index contributed by atoms with van der Waals surface area (Å²) >= 11 is 1.58. The monoisotopic (exact) mass is 407 g/mol. The first kappa shape index (κ1) is 19.0. The van der Waals surface area contributed by atoms with Crippen molar-refractivity contribution in [3.05, 3.63) is 54.2 Å². The molecule has 4 rings (SSSR count). The Hall–Kier alpha value is -3.32. The average molecular weight is 407 g/mol. The molecular weight excluding hydrogens is 386 g/mol. The number of rotatable bonds is 7. The van der Waals surface area contributed by atoms with Crippen LogP contribution >= 0.6 is 11.3 Å². The Morgan fingerprint density at radius 3 is 2.59 bits per heavy atom. The SMILES string of the molecule is CCOc1ccccc1Nc1ncnc2scc(-c3ccc(OC)c(OC)c3)c12. The molecule has 2 heterocycles. The summed E-state index contributed by atoms with van der Waals surface area (Å²) in [5.41, 5.74) is 2.89. The molecule has 148 valence electrons. The van der Waals surface area contributed by atoms with E-state index in [1.807, 2.05) is 49.4 Å². The van der Waals surface area contributed by atoms with Crippen molar-refractivity contribution in [2.45, 2.75) is 6.92 Å². The highest BCUT2D eigenvalue weighted by atomic mass is 32.1. The van der Waals surface area contributed by atoms with Crippen LogP contribution in [0.15, 0.2) is 54.2 Å². The van der Waals surface area contributed by atoms with Crippen LogP contribution in [0.1, 0.15) is 6.92 Å². The second kappa shape index (κ2) is 8.36. The second-order valence-corrected chi connectivity index (χ2v) is 7.03. The van der Waals surface area contributed by atoms with Gasteiger partial charge in [0, 0.05) is 10.9 Å². The summed E-state index contributed by atoms with van der Waals surface area (Å²) in [4.78, 5) is 9.86. The molecule has 0 radical (unpaired) electrons. The van der Waals surface area contributed by atoms with E-state index in [9.17, 15) is 0 Å². The Bertz CT molecular complexity index is 1140. The second-order valence-electron chi connectivity index (χ2n) is 6.18. The minimum Gasteiger partial charge on any atom is -0.493 e. The number of fused-ring (bicyclic) bond motifs is 1. The first-order valence-corrected chi connectivity index (χ1v) is 10.1. The first-order chi connectivity index (χ1) is 14.2. The van der Waals surface area contributed by atoms with Crippen LogP contribution in [0.25, 0.3) is 21.3 Å². The highest BCUT2D eigenvalue weighted by Gasteiger charge is 2.16. The van der Waals surface area contributed by atoms with E-state index in [0.717, 1.165) is 38.6 Å². The lowest BCUT2D eigenvalue weighted by Gasteiger charge is -2.13. The highest BCUT2D eigenvalue weighted by Crippen LogP contribution is 2.41. The van der Waals surface area contributed by atoms with Gasteiger partial charge in [-0.3, -0.25) is 0 Å². The predicted octanol–water partition coefficient (Wildman–Crippen LogP) is 5.52. The molecule has 0 atom stereocenters. The highest BCUT2D eigenvalue weighted by molar-refractivity contribution is 7.17. The summed E-state index contributed by atoms with van der Waals surface area (Å²) in [5, 5.41) is 6.46. The van der Waals surface area contributed by atoms with Crippen LogP contribution in [0.2, 0.25) is 0 Å². The van der Waals surface area contributed by atoms with Gasteiger partial charge < -0.3 is 19.5 Å². The number of hydrogen-bond donors (Lipinski definition) is 1. The van der Waals surface area contributed by atoms with Crippen LogP contribution in [0.5, 0.6) is 17.2 Å². The van der Waals surface area contributed by atoms with Gasteiger partial charge in [-0.15, -0.1) is 11.3 Å². The fraction of sp³-hybridized carbons (Fsp3) is 0.182. The Kier molecular flexibility index (Phi) is 5.48. The number of nitrogens with one attached hydrogen (secondary N) is 1. The van der Waals surface area contributed by atoms with Crippen molar-refractivity contribution in [3.8, 4) is 28.4 Å². The van der Waals surface area contributed by atoms with E-state index in [2.05, 4.69) is 20.7 Å². The van der Waals surface area contributed by atoms with Gasteiger partial charge in [0.25, 0.3) is 0 Å². The predicted molar refractivity (Wildman–Crippen MR) is 117 cm³/mol. The molecule has 0 spiro atoms. The van der Waals surface area contributed by atoms with Gasteiger partial charge in [-0.2, -0.15) is 0 Å². The number of methoxy groups -OCH3 is 2. The van der Waals surface area contributed by atoms with Gasteiger partial charge >= 0.3 is 0 Å². The molecule has 0 saturated carbocycles. The number of hydrogen-bond acceptors (Lipinski definition) is 7. The zero-order valence-corrected chi connectivity index (χ0v) is 17.2. The van der Waals surface area contributed by atoms with Gasteiger partial charge in [-0.1, -0.05) is 18.2 Å². The van der Waals surface area contributed by atoms with E-state index >= 15 is 0 Å². The lowest BCUT2D eigenvalue weighted by Crippen LogP contribution is -2.00. The topological polar surface area (TPSA) is 65.5 Å². The van der Waals surface area contributed by atoms with Gasteiger partial charge in [0.2, 0.25) is 0 Å². The van der Waals surface area contributed by atoms with Crippen LogP contribution in [-0.2, 0) is 0 Å². The molecule has 7 heteroatoms. The maximum absolute atomic E-state index is 5.74. The van der Waals surface area contributed by atoms with Crippen molar-refractivity contribution >= 4 is 33.1 Å². The third-order valence-electron chi connectivity index (χ3n) is 4.50. The van der Waals surface area contributed by atoms with Crippen molar-refractivity contribution in [3.63, 3.8) is 0 Å². The minimum absolute atomic E-state index is 0.590. The summed E-state index contributed by atoms with van der Waals surface area (Å²) in [6, 6.07) is 13.7. The van der Waals surface area contributed by atoms with Gasteiger partial charge in [0.15, 0.2) is 11.5 Å². The summed E-state index contributed by atoms with van der Waals surface area (Å²) in [6.45, 7) is 2.56. The van der Waals surface area contributed by atoms with Crippen molar-refractivity contribution in [2.24, 2.45) is 0 Å². The molecule has 1 N–H and O–H groups in total. The lowest BCUT2D eigenvalue weighted by molar-refractivity contribution is 0.342. The summed E-state index contributed by atoms with van der Waals surface area (Å²) in [5.74, 6) is 2.88. The fourth-order valence-electron chi connectivity index (χ4n) is 3.16. The largest absolute Gasteiger partial charge is 0.493 e. The molecule has 0 unspecified atom stereocenters. The molecule has 0 aliphatic rings. The van der Waals surface area contributed by atoms with E-state index in [1.54, 1.807) is 31.9 Å². The third kappa shape index (κ3) is 3.69. The van der Waals surface area contributed by atoms with E-state index in [-0.39, 0.29) is 0 Å². The number of benzene rings is 2. The number of ether oxygens (including phenoxy) is 3. The summed E-state index contributed by atoms with van der Waals surface area (Å²) in [7, 11) is 3.26. The van der Waals surface area contributed by atoms with Gasteiger partial charge in [-0.25, -0.2) is 9.97 Å². The molecule has 2 aromatic carbocycles. The molecule has 4 aromatic rings. The Labute approximate surface area is 173 Å². The van der Waals surface area contributed by atoms with E-state index in [4.69, 9.17) is 14.2 Å². The van der Waals surface area contributed by atoms with Gasteiger partial charge in [0.05, 0.1) is 31.9 Å². The van der Waals surface area contributed by atoms with Crippen LogP contribution < -0.4 is 19.5 Å². The van der Waals surface area contributed by atoms with Crippen LogP contribution in [0, 0.1) is 0 Å². The normalized spacial score (nSPS) is 10.7. The Balaban J connectivity index is 1.81. The summed E-state index contributed by atoms with van der Waals surface area (Å²) in [6.07, 6.45) is 1.57. The third-order valence-corrected chi connectivity index (χ3v) is 5.39. The quantitative estimate of drug-likeness (QED) is 0.435. The average Bonchev–Trinajstić information content (AvgIpc) is 3.20. The van der Waals surface area contributed by atoms with E-state index < -0.39 is 0 Å². The van der Waals surface area contributed by atoms with Crippen molar-refractivity contribution in [1.82, 2.24) is 9.97 Å². The molecule has 0 bridgehead atoms. The van der Waals surface area contributed by atoms with Gasteiger partial charge in [-0.05, 0) is 36.8 Å². The Morgan fingerprint density at radius 1 is 0.966 bits per heavy atom. The molecule has 0 saturated heterocycles.